The normalized spacial score (nSPS) is 10.4. The zero-order valence-corrected chi connectivity index (χ0v) is 27.7. The van der Waals surface area contributed by atoms with Crippen molar-refractivity contribution in [1.82, 2.24) is 29.9 Å². The van der Waals surface area contributed by atoms with E-state index in [1.807, 2.05) is 56.3 Å². The van der Waals surface area contributed by atoms with Crippen molar-refractivity contribution in [1.29, 1.82) is 0 Å². The molecular weight excluding hydrogens is 711 g/mol. The fourth-order valence-electron chi connectivity index (χ4n) is 4.10. The van der Waals surface area contributed by atoms with Gasteiger partial charge in [0.05, 0.1) is 41.7 Å². The number of ether oxygens (including phenoxy) is 2. The summed E-state index contributed by atoms with van der Waals surface area (Å²) in [7, 11) is 1.29. The molecule has 4 aromatic heterocycles. The molecule has 0 aliphatic heterocycles. The number of aromatic nitrogens is 6. The Morgan fingerprint density at radius 1 is 0.822 bits per heavy atom. The number of fused-ring (bicyclic) bond motifs is 2. The first-order chi connectivity index (χ1) is 21.5. The van der Waals surface area contributed by atoms with Gasteiger partial charge in [-0.1, -0.05) is 50.1 Å². The van der Waals surface area contributed by atoms with E-state index in [0.29, 0.717) is 16.2 Å². The van der Waals surface area contributed by atoms with E-state index in [9.17, 15) is 9.59 Å². The van der Waals surface area contributed by atoms with Crippen LogP contribution in [0.5, 0.6) is 0 Å². The van der Waals surface area contributed by atoms with Crippen molar-refractivity contribution < 1.29 is 29.1 Å². The summed E-state index contributed by atoms with van der Waals surface area (Å²) in [5.41, 5.74) is 5.23. The highest BCUT2D eigenvalue weighted by molar-refractivity contribution is 9.10. The van der Waals surface area contributed by atoms with Crippen LogP contribution in [0.3, 0.4) is 0 Å². The van der Waals surface area contributed by atoms with Crippen LogP contribution in [0.1, 0.15) is 32.4 Å². The van der Waals surface area contributed by atoms with Gasteiger partial charge in [0.2, 0.25) is 0 Å². The summed E-state index contributed by atoms with van der Waals surface area (Å²) in [5.74, 6) is -0.929. The molecular formula is C30H27BBr2N6O6. The number of carbonyl (C=O) groups excluding carboxylic acids is 2. The van der Waals surface area contributed by atoms with E-state index in [0.717, 1.165) is 37.1 Å². The van der Waals surface area contributed by atoms with E-state index in [4.69, 9.17) is 14.8 Å². The average Bonchev–Trinajstić information content (AvgIpc) is 3.62. The molecule has 45 heavy (non-hydrogen) atoms. The smallest absolute Gasteiger partial charge is 0.464 e. The lowest BCUT2D eigenvalue weighted by Gasteiger charge is -2.04. The number of nitrogens with one attached hydrogen (secondary N) is 1. The number of halogens is 2. The number of benzene rings is 2. The van der Waals surface area contributed by atoms with E-state index in [-0.39, 0.29) is 11.4 Å². The minimum Gasteiger partial charge on any atom is -0.464 e. The molecule has 0 aliphatic carbocycles. The van der Waals surface area contributed by atoms with Gasteiger partial charge >= 0.3 is 19.1 Å². The van der Waals surface area contributed by atoms with Gasteiger partial charge in [0, 0.05) is 32.7 Å². The van der Waals surface area contributed by atoms with Crippen molar-refractivity contribution in [2.24, 2.45) is 0 Å². The van der Waals surface area contributed by atoms with Gasteiger partial charge < -0.3 is 19.5 Å². The molecule has 15 heteroatoms. The predicted octanol–water partition coefficient (Wildman–Crippen LogP) is 4.46. The standard InChI is InChI=1S/C15H12BrN3O2.C9H9N3O2.C6H6BBrO2/c1-9-6-13-12(8-17-9)14(15(20)21-2)18-19(13)11-5-3-4-10(16)7-11;1-5-3-7-6(4-10-5)8(12-11-7)9(13)14-2;8-6-3-1-2-5(4-6)7(9)10/h3-8H,1-2H3;3-4H,1-2H3,(H,11,12);1-4,9-10H. The Morgan fingerprint density at radius 2 is 1.42 bits per heavy atom. The maximum absolute atomic E-state index is 11.9. The third-order valence-corrected chi connectivity index (χ3v) is 7.23. The molecule has 0 radical (unpaired) electrons. The number of rotatable bonds is 4. The van der Waals surface area contributed by atoms with Crippen molar-refractivity contribution in [3.05, 3.63) is 105 Å². The topological polar surface area (TPSA) is 165 Å². The molecule has 12 nitrogen and oxygen atoms in total. The molecule has 0 saturated heterocycles. The molecule has 0 bridgehead atoms. The summed E-state index contributed by atoms with van der Waals surface area (Å²) in [6.45, 7) is 3.77. The van der Waals surface area contributed by atoms with Crippen molar-refractivity contribution in [2.45, 2.75) is 13.8 Å². The summed E-state index contributed by atoms with van der Waals surface area (Å²) in [4.78, 5) is 31.5. The molecule has 0 amide bonds. The van der Waals surface area contributed by atoms with Gasteiger partial charge in [-0.15, -0.1) is 0 Å². The highest BCUT2D eigenvalue weighted by Gasteiger charge is 2.19. The molecule has 0 unspecified atom stereocenters. The molecule has 0 fully saturated rings. The molecule has 6 aromatic rings. The maximum atomic E-state index is 11.9. The van der Waals surface area contributed by atoms with Crippen LogP contribution in [0.25, 0.3) is 27.5 Å². The fourth-order valence-corrected chi connectivity index (χ4v) is 4.90. The zero-order valence-electron chi connectivity index (χ0n) is 24.5. The Balaban J connectivity index is 0.000000166. The summed E-state index contributed by atoms with van der Waals surface area (Å²) in [6.07, 6.45) is 3.26. The van der Waals surface area contributed by atoms with E-state index in [2.05, 4.69) is 61.9 Å². The van der Waals surface area contributed by atoms with Gasteiger partial charge in [-0.05, 0) is 61.8 Å². The summed E-state index contributed by atoms with van der Waals surface area (Å²) in [6, 6.07) is 18.3. The largest absolute Gasteiger partial charge is 0.488 e. The number of hydrogen-bond acceptors (Lipinski definition) is 10. The Labute approximate surface area is 274 Å². The number of carbonyl (C=O) groups is 2. The van der Waals surface area contributed by atoms with E-state index in [1.54, 1.807) is 35.3 Å². The second-order valence-corrected chi connectivity index (χ2v) is 11.3. The molecule has 4 heterocycles. The summed E-state index contributed by atoms with van der Waals surface area (Å²) < 4.78 is 12.9. The predicted molar refractivity (Wildman–Crippen MR) is 177 cm³/mol. The lowest BCUT2D eigenvalue weighted by Crippen LogP contribution is -2.29. The number of aryl methyl sites for hydroxylation is 2. The van der Waals surface area contributed by atoms with Crippen molar-refractivity contribution in [3.8, 4) is 5.69 Å². The molecule has 0 saturated carbocycles. The minimum absolute atomic E-state index is 0.264. The number of H-pyrrole nitrogens is 1. The number of nitrogens with zero attached hydrogens (tertiary/aromatic N) is 5. The third kappa shape index (κ3) is 8.19. The molecule has 2 aromatic carbocycles. The highest BCUT2D eigenvalue weighted by atomic mass is 79.9. The van der Waals surface area contributed by atoms with Gasteiger partial charge in [0.15, 0.2) is 11.4 Å². The SMILES string of the molecule is COC(=O)c1n[nH]c2cc(C)ncc12.COC(=O)c1nn(-c2cccc(Br)c2)c2cc(C)ncc12.OB(O)c1cccc(Br)c1. The number of methoxy groups -OCH3 is 2. The molecule has 6 rings (SSSR count). The van der Waals surface area contributed by atoms with Crippen LogP contribution in [0.15, 0.2) is 82.0 Å². The van der Waals surface area contributed by atoms with Crippen molar-refractivity contribution >= 4 is 78.2 Å². The minimum atomic E-state index is -1.38. The lowest BCUT2D eigenvalue weighted by atomic mass is 9.81. The zero-order chi connectivity index (χ0) is 32.7. The Bertz CT molecular complexity index is 1980. The van der Waals surface area contributed by atoms with Crippen LogP contribution in [0, 0.1) is 13.8 Å². The molecule has 0 spiro atoms. The van der Waals surface area contributed by atoms with Crippen LogP contribution in [0.2, 0.25) is 0 Å². The number of esters is 2. The van der Waals surface area contributed by atoms with Crippen LogP contribution >= 0.6 is 31.9 Å². The molecule has 0 aliphatic rings. The van der Waals surface area contributed by atoms with Crippen LogP contribution in [-0.2, 0) is 9.47 Å². The van der Waals surface area contributed by atoms with Crippen LogP contribution in [0.4, 0.5) is 0 Å². The maximum Gasteiger partial charge on any atom is 0.488 e. The number of pyridine rings is 2. The number of hydrogen-bond donors (Lipinski definition) is 3. The van der Waals surface area contributed by atoms with Crippen molar-refractivity contribution in [2.75, 3.05) is 14.2 Å². The molecule has 230 valence electrons. The third-order valence-electron chi connectivity index (χ3n) is 6.24. The Kier molecular flexibility index (Phi) is 11.2. The first-order valence-corrected chi connectivity index (χ1v) is 14.8. The van der Waals surface area contributed by atoms with Crippen molar-refractivity contribution in [3.63, 3.8) is 0 Å². The summed E-state index contributed by atoms with van der Waals surface area (Å²) in [5, 5.41) is 29.7. The first kappa shape index (κ1) is 33.5. The van der Waals surface area contributed by atoms with Crippen LogP contribution < -0.4 is 5.46 Å². The monoisotopic (exact) mass is 736 g/mol. The van der Waals surface area contributed by atoms with Gasteiger partial charge in [0.1, 0.15) is 0 Å². The first-order valence-electron chi connectivity index (χ1n) is 13.2. The van der Waals surface area contributed by atoms with E-state index >= 15 is 0 Å². The second-order valence-electron chi connectivity index (χ2n) is 9.44. The number of aromatic amines is 1. The van der Waals surface area contributed by atoms with E-state index < -0.39 is 19.1 Å². The lowest BCUT2D eigenvalue weighted by molar-refractivity contribution is 0.0587. The van der Waals surface area contributed by atoms with Gasteiger partial charge in [-0.2, -0.15) is 10.2 Å². The fraction of sp³-hybridized carbons (Fsp3) is 0.133. The Morgan fingerprint density at radius 3 is 2.02 bits per heavy atom. The van der Waals surface area contributed by atoms with E-state index in [1.165, 1.54) is 14.2 Å². The quantitative estimate of drug-likeness (QED) is 0.174. The average molecular weight is 738 g/mol. The van der Waals surface area contributed by atoms with Gasteiger partial charge in [-0.25, -0.2) is 14.3 Å². The molecule has 3 N–H and O–H groups in total. The highest BCUT2D eigenvalue weighted by Crippen LogP contribution is 2.24. The molecule has 0 atom stereocenters. The summed E-state index contributed by atoms with van der Waals surface area (Å²) >= 11 is 6.65. The van der Waals surface area contributed by atoms with Gasteiger partial charge in [0.25, 0.3) is 0 Å². The van der Waals surface area contributed by atoms with Gasteiger partial charge in [-0.3, -0.25) is 15.1 Å². The second kappa shape index (κ2) is 15.0. The Hall–Kier alpha value is -4.44. The van der Waals surface area contributed by atoms with Crippen LogP contribution in [-0.4, -0.2) is 73.3 Å².